The maximum Gasteiger partial charge on any atom is 0.259 e. The summed E-state index contributed by atoms with van der Waals surface area (Å²) in [5.41, 5.74) is 3.74. The van der Waals surface area contributed by atoms with Crippen LogP contribution in [0.3, 0.4) is 0 Å². The third kappa shape index (κ3) is 4.05. The molecule has 0 spiro atoms. The Morgan fingerprint density at radius 1 is 1.09 bits per heavy atom. The van der Waals surface area contributed by atoms with Gasteiger partial charge in [0.2, 0.25) is 5.91 Å². The first-order valence-corrected chi connectivity index (χ1v) is 11.1. The van der Waals surface area contributed by atoms with Gasteiger partial charge in [-0.05, 0) is 50.3 Å². The molecule has 1 aliphatic heterocycles. The van der Waals surface area contributed by atoms with Crippen molar-refractivity contribution in [2.24, 2.45) is 5.41 Å². The first-order valence-electron chi connectivity index (χ1n) is 11.1. The van der Waals surface area contributed by atoms with Gasteiger partial charge in [-0.25, -0.2) is 0 Å². The summed E-state index contributed by atoms with van der Waals surface area (Å²) in [6, 6.07) is 18.4. The van der Waals surface area contributed by atoms with Crippen molar-refractivity contribution in [3.05, 3.63) is 77.2 Å². The molecule has 2 amide bonds. The fourth-order valence-corrected chi connectivity index (χ4v) is 4.69. The van der Waals surface area contributed by atoms with Gasteiger partial charge in [-0.15, -0.1) is 0 Å². The van der Waals surface area contributed by atoms with E-state index in [1.165, 1.54) is 0 Å². The summed E-state index contributed by atoms with van der Waals surface area (Å²) in [6.45, 7) is 6.88. The largest absolute Gasteiger partial charge is 0.361 e. The molecule has 0 radical (unpaired) electrons. The molecule has 1 aliphatic rings. The summed E-state index contributed by atoms with van der Waals surface area (Å²) in [7, 11) is 0. The monoisotopic (exact) mass is 431 g/mol. The van der Waals surface area contributed by atoms with E-state index in [1.807, 2.05) is 37.3 Å². The lowest BCUT2D eigenvalue weighted by atomic mass is 9.78. The quantitative estimate of drug-likeness (QED) is 0.636. The molecule has 32 heavy (non-hydrogen) atoms. The van der Waals surface area contributed by atoms with Gasteiger partial charge in [0.25, 0.3) is 5.91 Å². The number of likely N-dealkylation sites (tertiary alicyclic amines) is 1. The molecule has 0 unspecified atom stereocenters. The molecule has 1 atom stereocenters. The lowest BCUT2D eigenvalue weighted by molar-refractivity contribution is -0.130. The second-order valence-electron chi connectivity index (χ2n) is 8.52. The molecule has 2 heterocycles. The first-order chi connectivity index (χ1) is 15.4. The predicted molar refractivity (Wildman–Crippen MR) is 123 cm³/mol. The lowest BCUT2D eigenvalue weighted by Crippen LogP contribution is -2.45. The van der Waals surface area contributed by atoms with Gasteiger partial charge in [0, 0.05) is 19.6 Å². The third-order valence-electron chi connectivity index (χ3n) is 6.34. The fourth-order valence-electron chi connectivity index (χ4n) is 4.69. The minimum atomic E-state index is -0.685. The molecule has 1 N–H and O–H groups in total. The Morgan fingerprint density at radius 3 is 2.50 bits per heavy atom. The second-order valence-corrected chi connectivity index (χ2v) is 8.52. The van der Waals surface area contributed by atoms with Gasteiger partial charge >= 0.3 is 0 Å². The Hall–Kier alpha value is -3.41. The molecule has 1 fully saturated rings. The van der Waals surface area contributed by atoms with E-state index < -0.39 is 5.41 Å². The normalized spacial score (nSPS) is 18.0. The molecule has 166 valence electrons. The van der Waals surface area contributed by atoms with E-state index in [9.17, 15) is 9.59 Å². The average molecular weight is 432 g/mol. The number of aryl methyl sites for hydroxylation is 2. The molecule has 0 saturated carbocycles. The van der Waals surface area contributed by atoms with Crippen molar-refractivity contribution in [2.75, 3.05) is 19.6 Å². The van der Waals surface area contributed by atoms with Crippen molar-refractivity contribution in [1.82, 2.24) is 15.4 Å². The number of aromatic nitrogens is 1. The standard InChI is InChI=1S/C26H29N3O3/c1-4-27-25(31)26(14-15-29(17-26)24(30)23-18(2)28-32-19(23)3)16-21-12-8-9-13-22(21)20-10-6-5-7-11-20/h5-13H,4,14-17H2,1-3H3,(H,27,31)/t26-/m1/s1. The minimum absolute atomic E-state index is 0.00285. The number of hydrogen-bond donors (Lipinski definition) is 1. The molecule has 4 rings (SSSR count). The van der Waals surface area contributed by atoms with E-state index in [0.717, 1.165) is 16.7 Å². The molecule has 6 nitrogen and oxygen atoms in total. The fraction of sp³-hybridized carbons (Fsp3) is 0.346. The highest BCUT2D eigenvalue weighted by atomic mass is 16.5. The van der Waals surface area contributed by atoms with E-state index in [4.69, 9.17) is 4.52 Å². The third-order valence-corrected chi connectivity index (χ3v) is 6.34. The van der Waals surface area contributed by atoms with E-state index in [0.29, 0.717) is 49.5 Å². The van der Waals surface area contributed by atoms with Crippen LogP contribution in [0.2, 0.25) is 0 Å². The summed E-state index contributed by atoms with van der Waals surface area (Å²) >= 11 is 0. The summed E-state index contributed by atoms with van der Waals surface area (Å²) < 4.78 is 5.20. The van der Waals surface area contributed by atoms with Gasteiger partial charge in [0.15, 0.2) is 0 Å². The van der Waals surface area contributed by atoms with Gasteiger partial charge in [0.1, 0.15) is 11.3 Å². The van der Waals surface area contributed by atoms with Gasteiger partial charge in [-0.3, -0.25) is 9.59 Å². The average Bonchev–Trinajstić information content (AvgIpc) is 3.38. The Bertz CT molecular complexity index is 1100. The zero-order chi connectivity index (χ0) is 22.7. The number of rotatable bonds is 6. The van der Waals surface area contributed by atoms with Crippen LogP contribution in [-0.4, -0.2) is 41.5 Å². The molecule has 3 aromatic rings. The van der Waals surface area contributed by atoms with E-state index >= 15 is 0 Å². The zero-order valence-electron chi connectivity index (χ0n) is 18.9. The Kier molecular flexibility index (Phi) is 6.12. The molecule has 1 saturated heterocycles. The van der Waals surface area contributed by atoms with E-state index in [2.05, 4.69) is 34.7 Å². The highest BCUT2D eigenvalue weighted by Crippen LogP contribution is 2.38. The van der Waals surface area contributed by atoms with Crippen molar-refractivity contribution in [3.8, 4) is 11.1 Å². The summed E-state index contributed by atoms with van der Waals surface area (Å²) in [5, 5.41) is 6.94. The lowest BCUT2D eigenvalue weighted by Gasteiger charge is -2.29. The van der Waals surface area contributed by atoms with Gasteiger partial charge in [-0.1, -0.05) is 59.8 Å². The number of carbonyl (C=O) groups is 2. The van der Waals surface area contributed by atoms with Crippen LogP contribution < -0.4 is 5.32 Å². The van der Waals surface area contributed by atoms with Gasteiger partial charge < -0.3 is 14.7 Å². The smallest absolute Gasteiger partial charge is 0.259 e. The molecular formula is C26H29N3O3. The van der Waals surface area contributed by atoms with Gasteiger partial charge in [0.05, 0.1) is 11.1 Å². The SMILES string of the molecule is CCNC(=O)[C@@]1(Cc2ccccc2-c2ccccc2)CCN(C(=O)c2c(C)noc2C)C1. The number of benzene rings is 2. The van der Waals surface area contributed by atoms with Crippen LogP contribution in [0.1, 0.15) is 40.7 Å². The Balaban J connectivity index is 1.67. The van der Waals surface area contributed by atoms with Crippen LogP contribution in [0.5, 0.6) is 0 Å². The van der Waals surface area contributed by atoms with Crippen molar-refractivity contribution >= 4 is 11.8 Å². The molecule has 0 bridgehead atoms. The van der Waals surface area contributed by atoms with E-state index in [1.54, 1.807) is 18.7 Å². The molecular weight excluding hydrogens is 402 g/mol. The molecule has 2 aromatic carbocycles. The number of nitrogens with zero attached hydrogens (tertiary/aromatic N) is 2. The topological polar surface area (TPSA) is 75.4 Å². The van der Waals surface area contributed by atoms with Crippen LogP contribution in [0, 0.1) is 19.3 Å². The second kappa shape index (κ2) is 8.99. The highest BCUT2D eigenvalue weighted by molar-refractivity contribution is 5.97. The van der Waals surface area contributed by atoms with Crippen LogP contribution in [0.15, 0.2) is 59.1 Å². The van der Waals surface area contributed by atoms with Gasteiger partial charge in [-0.2, -0.15) is 0 Å². The first kappa shape index (κ1) is 21.8. The maximum atomic E-state index is 13.3. The molecule has 0 aliphatic carbocycles. The maximum absolute atomic E-state index is 13.3. The zero-order valence-corrected chi connectivity index (χ0v) is 18.9. The molecule has 1 aromatic heterocycles. The van der Waals surface area contributed by atoms with Crippen molar-refractivity contribution in [3.63, 3.8) is 0 Å². The summed E-state index contributed by atoms with van der Waals surface area (Å²) in [6.07, 6.45) is 1.17. The minimum Gasteiger partial charge on any atom is -0.361 e. The Morgan fingerprint density at radius 2 is 1.81 bits per heavy atom. The van der Waals surface area contributed by atoms with Crippen molar-refractivity contribution < 1.29 is 14.1 Å². The summed E-state index contributed by atoms with van der Waals surface area (Å²) in [5.74, 6) is 0.387. The van der Waals surface area contributed by atoms with Crippen molar-refractivity contribution in [2.45, 2.75) is 33.6 Å². The van der Waals surface area contributed by atoms with Crippen LogP contribution in [-0.2, 0) is 11.2 Å². The van der Waals surface area contributed by atoms with Crippen LogP contribution in [0.4, 0.5) is 0 Å². The number of carbonyl (C=O) groups excluding carboxylic acids is 2. The number of amides is 2. The highest BCUT2D eigenvalue weighted by Gasteiger charge is 2.46. The molecule has 6 heteroatoms. The van der Waals surface area contributed by atoms with Crippen molar-refractivity contribution in [1.29, 1.82) is 0 Å². The van der Waals surface area contributed by atoms with Crippen LogP contribution >= 0.6 is 0 Å². The number of hydrogen-bond acceptors (Lipinski definition) is 4. The number of nitrogens with one attached hydrogen (secondary N) is 1. The van der Waals surface area contributed by atoms with E-state index in [-0.39, 0.29) is 11.8 Å². The Labute approximate surface area is 188 Å². The summed E-state index contributed by atoms with van der Waals surface area (Å²) in [4.78, 5) is 28.4. The van der Waals surface area contributed by atoms with Crippen LogP contribution in [0.25, 0.3) is 11.1 Å². The predicted octanol–water partition coefficient (Wildman–Crippen LogP) is 4.17.